The maximum atomic E-state index is 13.0. The average Bonchev–Trinajstić information content (AvgIpc) is 3.22. The van der Waals surface area contributed by atoms with Crippen molar-refractivity contribution >= 4 is 21.9 Å². The van der Waals surface area contributed by atoms with Crippen LogP contribution in [0.5, 0.6) is 0 Å². The Morgan fingerprint density at radius 3 is 2.52 bits per heavy atom. The second kappa shape index (κ2) is 7.76. The van der Waals surface area contributed by atoms with E-state index in [2.05, 4.69) is 15.5 Å². The number of amides is 1. The number of nitrogens with one attached hydrogen (secondary N) is 1. The molecule has 150 valence electrons. The molecule has 0 radical (unpaired) electrons. The first-order chi connectivity index (χ1) is 14.0. The van der Waals surface area contributed by atoms with E-state index in [4.69, 9.17) is 4.42 Å². The van der Waals surface area contributed by atoms with Gasteiger partial charge in [0.25, 0.3) is 0 Å². The summed E-state index contributed by atoms with van der Waals surface area (Å²) in [5, 5.41) is 10.4. The molecule has 2 heterocycles. The number of aromatic nitrogens is 2. The molecule has 0 unspecified atom stereocenters. The molecule has 0 bridgehead atoms. The number of carbonyl (C=O) groups excluding carboxylic acids is 1. The summed E-state index contributed by atoms with van der Waals surface area (Å²) in [6.45, 7) is 1.72. The van der Waals surface area contributed by atoms with Gasteiger partial charge in [0, 0.05) is 12.1 Å². The number of benzene rings is 2. The summed E-state index contributed by atoms with van der Waals surface area (Å²) in [4.78, 5) is 13.0. The normalized spacial score (nSPS) is 16.9. The number of anilines is 1. The highest BCUT2D eigenvalue weighted by atomic mass is 32.2. The Kier molecular flexibility index (Phi) is 5.16. The molecule has 2 aromatic carbocycles. The number of sulfonamides is 1. The number of hydrogen-bond donors (Lipinski definition) is 1. The van der Waals surface area contributed by atoms with Crippen LogP contribution >= 0.6 is 0 Å². The van der Waals surface area contributed by atoms with Gasteiger partial charge in [0.05, 0.1) is 5.75 Å². The minimum atomic E-state index is -3.58. The maximum absolute atomic E-state index is 13.0. The minimum Gasteiger partial charge on any atom is -0.403 e. The van der Waals surface area contributed by atoms with Crippen molar-refractivity contribution in [3.63, 3.8) is 0 Å². The third kappa shape index (κ3) is 3.92. The largest absolute Gasteiger partial charge is 0.403 e. The Morgan fingerprint density at radius 1 is 1.10 bits per heavy atom. The molecular formula is C20H20N4O4S. The van der Waals surface area contributed by atoms with Gasteiger partial charge in [0.15, 0.2) is 0 Å². The van der Waals surface area contributed by atoms with Crippen LogP contribution in [0, 0.1) is 0 Å². The molecule has 0 aliphatic carbocycles. The summed E-state index contributed by atoms with van der Waals surface area (Å²) in [6, 6.07) is 15.7. The van der Waals surface area contributed by atoms with Crippen LogP contribution in [0.25, 0.3) is 11.5 Å². The molecule has 8 nitrogen and oxygen atoms in total. The summed E-state index contributed by atoms with van der Waals surface area (Å²) < 4.78 is 32.0. The van der Waals surface area contributed by atoms with Gasteiger partial charge in [-0.25, -0.2) is 8.42 Å². The monoisotopic (exact) mass is 412 g/mol. The molecule has 1 aliphatic rings. The van der Waals surface area contributed by atoms with E-state index in [0.29, 0.717) is 0 Å². The lowest BCUT2D eigenvalue weighted by atomic mass is 9.95. The lowest BCUT2D eigenvalue weighted by Crippen LogP contribution is -2.51. The Hall–Kier alpha value is -3.04. The highest BCUT2D eigenvalue weighted by Crippen LogP contribution is 2.27. The van der Waals surface area contributed by atoms with Crippen molar-refractivity contribution in [3.8, 4) is 11.5 Å². The molecule has 0 spiro atoms. The number of hydrogen-bond acceptors (Lipinski definition) is 6. The predicted octanol–water partition coefficient (Wildman–Crippen LogP) is 2.45. The third-order valence-corrected chi connectivity index (χ3v) is 6.73. The van der Waals surface area contributed by atoms with E-state index >= 15 is 0 Å². The first-order valence-electron chi connectivity index (χ1n) is 9.24. The van der Waals surface area contributed by atoms with Gasteiger partial charge >= 0.3 is 6.01 Å². The number of rotatable bonds is 5. The molecule has 29 heavy (non-hydrogen) atoms. The van der Waals surface area contributed by atoms with Gasteiger partial charge in [-0.2, -0.15) is 4.31 Å². The van der Waals surface area contributed by atoms with Crippen molar-refractivity contribution in [1.82, 2.24) is 14.5 Å². The first-order valence-corrected chi connectivity index (χ1v) is 10.8. The molecule has 1 amide bonds. The summed E-state index contributed by atoms with van der Waals surface area (Å²) in [5.41, 5.74) is 2.57. The molecule has 0 saturated carbocycles. The van der Waals surface area contributed by atoms with Crippen LogP contribution in [-0.2, 0) is 27.8 Å². The van der Waals surface area contributed by atoms with Gasteiger partial charge in [-0.05, 0) is 36.6 Å². The van der Waals surface area contributed by atoms with E-state index in [9.17, 15) is 13.2 Å². The molecule has 1 aromatic heterocycles. The second-order valence-corrected chi connectivity index (χ2v) is 8.91. The maximum Gasteiger partial charge on any atom is 0.322 e. The molecule has 3 aromatic rings. The van der Waals surface area contributed by atoms with Crippen molar-refractivity contribution < 1.29 is 17.6 Å². The topological polar surface area (TPSA) is 105 Å². The van der Waals surface area contributed by atoms with E-state index in [1.54, 1.807) is 6.92 Å². The zero-order valence-corrected chi connectivity index (χ0v) is 16.6. The van der Waals surface area contributed by atoms with E-state index in [1.165, 1.54) is 4.31 Å². The minimum absolute atomic E-state index is 0.0680. The van der Waals surface area contributed by atoms with Crippen molar-refractivity contribution in [2.45, 2.75) is 25.9 Å². The summed E-state index contributed by atoms with van der Waals surface area (Å²) in [6.07, 6.45) is 0.279. The van der Waals surface area contributed by atoms with Crippen LogP contribution in [0.15, 0.2) is 59.0 Å². The second-order valence-electron chi connectivity index (χ2n) is 6.70. The number of nitrogens with zero attached hydrogens (tertiary/aromatic N) is 3. The van der Waals surface area contributed by atoms with E-state index in [0.717, 1.165) is 16.7 Å². The van der Waals surface area contributed by atoms with Gasteiger partial charge < -0.3 is 4.42 Å². The van der Waals surface area contributed by atoms with Crippen LogP contribution in [0.2, 0.25) is 0 Å². The Balaban J connectivity index is 1.59. The zero-order valence-electron chi connectivity index (χ0n) is 15.8. The van der Waals surface area contributed by atoms with Crippen LogP contribution in [0.4, 0.5) is 6.01 Å². The fraction of sp³-hybridized carbons (Fsp3) is 0.250. The highest BCUT2D eigenvalue weighted by molar-refractivity contribution is 7.89. The Labute approximate surface area is 168 Å². The number of carbonyl (C=O) groups is 1. The van der Waals surface area contributed by atoms with Crippen LogP contribution in [-0.4, -0.2) is 40.6 Å². The predicted molar refractivity (Wildman–Crippen MR) is 107 cm³/mol. The van der Waals surface area contributed by atoms with E-state index in [1.807, 2.05) is 54.6 Å². The molecule has 1 atom stereocenters. The van der Waals surface area contributed by atoms with Gasteiger partial charge in [-0.15, -0.1) is 5.10 Å². The van der Waals surface area contributed by atoms with Gasteiger partial charge in [-0.1, -0.05) is 47.6 Å². The fourth-order valence-corrected chi connectivity index (χ4v) is 4.57. The molecule has 0 saturated heterocycles. The Morgan fingerprint density at radius 2 is 1.79 bits per heavy atom. The molecular weight excluding hydrogens is 392 g/mol. The molecule has 0 fully saturated rings. The van der Waals surface area contributed by atoms with Crippen molar-refractivity contribution in [2.24, 2.45) is 0 Å². The molecule has 4 rings (SSSR count). The lowest BCUT2D eigenvalue weighted by molar-refractivity contribution is -0.120. The van der Waals surface area contributed by atoms with E-state index in [-0.39, 0.29) is 30.6 Å². The van der Waals surface area contributed by atoms with Crippen LogP contribution in [0.3, 0.4) is 0 Å². The highest BCUT2D eigenvalue weighted by Gasteiger charge is 2.38. The summed E-state index contributed by atoms with van der Waals surface area (Å²) in [7, 11) is -3.58. The van der Waals surface area contributed by atoms with Crippen LogP contribution in [0.1, 0.15) is 18.1 Å². The van der Waals surface area contributed by atoms with E-state index < -0.39 is 22.0 Å². The van der Waals surface area contributed by atoms with Gasteiger partial charge in [0.1, 0.15) is 6.04 Å². The standard InChI is InChI=1S/C20H20N4O4S/c1-2-29(26,27)24-13-16-11-7-6-10-15(16)12-17(24)18(25)21-20-23-22-19(28-20)14-8-4-3-5-9-14/h3-11,17H,2,12-13H2,1H3,(H,21,23,25)/t17-/m0/s1. The first kappa shape index (κ1) is 19.3. The SMILES string of the molecule is CCS(=O)(=O)N1Cc2ccccc2C[C@H]1C(=O)Nc1nnc(-c2ccccc2)o1. The molecule has 9 heteroatoms. The number of fused-ring (bicyclic) bond motifs is 1. The smallest absolute Gasteiger partial charge is 0.322 e. The zero-order chi connectivity index (χ0) is 20.4. The average molecular weight is 412 g/mol. The van der Waals surface area contributed by atoms with Crippen molar-refractivity contribution in [3.05, 3.63) is 65.7 Å². The lowest BCUT2D eigenvalue weighted by Gasteiger charge is -2.34. The molecule has 1 aliphatic heterocycles. The fourth-order valence-electron chi connectivity index (χ4n) is 3.34. The van der Waals surface area contributed by atoms with Crippen molar-refractivity contribution in [1.29, 1.82) is 0 Å². The Bertz CT molecular complexity index is 1130. The summed E-state index contributed by atoms with van der Waals surface area (Å²) in [5.74, 6) is -0.315. The quantitative estimate of drug-likeness (QED) is 0.690. The van der Waals surface area contributed by atoms with Crippen molar-refractivity contribution in [2.75, 3.05) is 11.1 Å². The van der Waals surface area contributed by atoms with Gasteiger partial charge in [-0.3, -0.25) is 10.1 Å². The summed E-state index contributed by atoms with van der Waals surface area (Å²) >= 11 is 0. The van der Waals surface area contributed by atoms with Gasteiger partial charge in [0.2, 0.25) is 21.8 Å². The molecule has 1 N–H and O–H groups in total. The third-order valence-electron chi connectivity index (χ3n) is 4.91. The van der Waals surface area contributed by atoms with Crippen LogP contribution < -0.4 is 5.32 Å².